The molecule has 0 saturated carbocycles. The van der Waals surface area contributed by atoms with Crippen LogP contribution in [0.2, 0.25) is 0 Å². The maximum atomic E-state index is 11.7. The number of amides is 1. The zero-order valence-corrected chi connectivity index (χ0v) is 10.1. The SMILES string of the molecule is CCCC(C)C(=O)Nc1cc(C)c(N)cn1. The number of nitrogens with two attached hydrogens (primary N) is 1. The van der Waals surface area contributed by atoms with Gasteiger partial charge in [0.15, 0.2) is 0 Å². The third-order valence-corrected chi connectivity index (χ3v) is 2.57. The second-order valence-corrected chi connectivity index (χ2v) is 4.11. The summed E-state index contributed by atoms with van der Waals surface area (Å²) in [5.74, 6) is 0.600. The lowest BCUT2D eigenvalue weighted by Crippen LogP contribution is -2.20. The molecule has 0 aromatic carbocycles. The monoisotopic (exact) mass is 221 g/mol. The molecule has 0 radical (unpaired) electrons. The van der Waals surface area contributed by atoms with E-state index in [1.165, 1.54) is 0 Å². The number of carbonyl (C=O) groups excluding carboxylic acids is 1. The van der Waals surface area contributed by atoms with E-state index in [0.29, 0.717) is 11.5 Å². The van der Waals surface area contributed by atoms with Crippen molar-refractivity contribution in [3.8, 4) is 0 Å². The van der Waals surface area contributed by atoms with Crippen molar-refractivity contribution in [2.75, 3.05) is 11.1 Å². The molecule has 4 nitrogen and oxygen atoms in total. The van der Waals surface area contributed by atoms with E-state index in [-0.39, 0.29) is 11.8 Å². The summed E-state index contributed by atoms with van der Waals surface area (Å²) < 4.78 is 0. The Labute approximate surface area is 96.3 Å². The quantitative estimate of drug-likeness (QED) is 0.820. The van der Waals surface area contributed by atoms with Gasteiger partial charge < -0.3 is 11.1 Å². The van der Waals surface area contributed by atoms with Crippen molar-refractivity contribution in [3.63, 3.8) is 0 Å². The summed E-state index contributed by atoms with van der Waals surface area (Å²) in [7, 11) is 0. The van der Waals surface area contributed by atoms with E-state index in [9.17, 15) is 4.79 Å². The first-order chi connectivity index (χ1) is 7.54. The lowest BCUT2D eigenvalue weighted by molar-refractivity contribution is -0.119. The Morgan fingerprint density at radius 2 is 2.31 bits per heavy atom. The van der Waals surface area contributed by atoms with Gasteiger partial charge >= 0.3 is 0 Å². The van der Waals surface area contributed by atoms with Gasteiger partial charge in [0.1, 0.15) is 5.82 Å². The highest BCUT2D eigenvalue weighted by molar-refractivity contribution is 5.91. The Hall–Kier alpha value is -1.58. The standard InChI is InChI=1S/C12H19N3O/c1-4-5-8(2)12(16)15-11-6-9(3)10(13)7-14-11/h6-8H,4-5,13H2,1-3H3,(H,14,15,16). The molecular weight excluding hydrogens is 202 g/mol. The Bertz CT molecular complexity index is 377. The van der Waals surface area contributed by atoms with E-state index in [2.05, 4.69) is 17.2 Å². The summed E-state index contributed by atoms with van der Waals surface area (Å²) in [6.07, 6.45) is 3.46. The number of aromatic nitrogens is 1. The fourth-order valence-electron chi connectivity index (χ4n) is 1.45. The van der Waals surface area contributed by atoms with E-state index in [0.717, 1.165) is 18.4 Å². The molecule has 1 rings (SSSR count). The lowest BCUT2D eigenvalue weighted by Gasteiger charge is -2.11. The molecule has 4 heteroatoms. The van der Waals surface area contributed by atoms with Crippen LogP contribution in [-0.2, 0) is 4.79 Å². The fourth-order valence-corrected chi connectivity index (χ4v) is 1.45. The van der Waals surface area contributed by atoms with Crippen molar-refractivity contribution in [2.24, 2.45) is 5.92 Å². The number of rotatable bonds is 4. The minimum absolute atomic E-state index is 0.0125. The van der Waals surface area contributed by atoms with Crippen LogP contribution in [0.4, 0.5) is 11.5 Å². The molecule has 88 valence electrons. The number of anilines is 2. The first-order valence-corrected chi connectivity index (χ1v) is 5.57. The van der Waals surface area contributed by atoms with Crippen LogP contribution in [0.1, 0.15) is 32.3 Å². The van der Waals surface area contributed by atoms with Gasteiger partial charge in [-0.25, -0.2) is 4.98 Å². The molecule has 1 aromatic heterocycles. The molecule has 0 aliphatic rings. The van der Waals surface area contributed by atoms with Crippen LogP contribution >= 0.6 is 0 Å². The predicted octanol–water partition coefficient (Wildman–Crippen LogP) is 2.35. The van der Waals surface area contributed by atoms with Crippen LogP contribution in [-0.4, -0.2) is 10.9 Å². The Balaban J connectivity index is 2.66. The van der Waals surface area contributed by atoms with Gasteiger partial charge in [-0.2, -0.15) is 0 Å². The third-order valence-electron chi connectivity index (χ3n) is 2.57. The highest BCUT2D eigenvalue weighted by Crippen LogP contribution is 2.14. The second-order valence-electron chi connectivity index (χ2n) is 4.11. The van der Waals surface area contributed by atoms with Crippen molar-refractivity contribution in [1.82, 2.24) is 4.98 Å². The highest BCUT2D eigenvalue weighted by Gasteiger charge is 2.12. The summed E-state index contributed by atoms with van der Waals surface area (Å²) in [5, 5.41) is 2.79. The van der Waals surface area contributed by atoms with Crippen LogP contribution < -0.4 is 11.1 Å². The Kier molecular flexibility index (Phi) is 4.28. The molecule has 0 aliphatic carbocycles. The van der Waals surface area contributed by atoms with Gasteiger partial charge in [-0.1, -0.05) is 20.3 Å². The Morgan fingerprint density at radius 1 is 1.62 bits per heavy atom. The fraction of sp³-hybridized carbons (Fsp3) is 0.500. The molecule has 3 N–H and O–H groups in total. The summed E-state index contributed by atoms with van der Waals surface area (Å²) >= 11 is 0. The van der Waals surface area contributed by atoms with Gasteiger partial charge in [0.25, 0.3) is 0 Å². The minimum atomic E-state index is 0.0125. The van der Waals surface area contributed by atoms with Crippen molar-refractivity contribution < 1.29 is 4.79 Å². The van der Waals surface area contributed by atoms with E-state index >= 15 is 0 Å². The molecule has 1 atom stereocenters. The molecule has 0 bridgehead atoms. The van der Waals surface area contributed by atoms with Gasteiger partial charge in [0.2, 0.25) is 5.91 Å². The molecule has 1 heterocycles. The molecular formula is C12H19N3O. The highest BCUT2D eigenvalue weighted by atomic mass is 16.1. The number of pyridine rings is 1. The summed E-state index contributed by atoms with van der Waals surface area (Å²) in [4.78, 5) is 15.8. The lowest BCUT2D eigenvalue weighted by atomic mass is 10.1. The summed E-state index contributed by atoms with van der Waals surface area (Å²) in [5.41, 5.74) is 7.21. The number of nitrogen functional groups attached to an aromatic ring is 1. The molecule has 0 saturated heterocycles. The normalized spacial score (nSPS) is 12.2. The number of hydrogen-bond acceptors (Lipinski definition) is 3. The van der Waals surface area contributed by atoms with Crippen LogP contribution in [0.25, 0.3) is 0 Å². The molecule has 1 aromatic rings. The number of aryl methyl sites for hydroxylation is 1. The van der Waals surface area contributed by atoms with Crippen LogP contribution in [0.3, 0.4) is 0 Å². The van der Waals surface area contributed by atoms with Crippen LogP contribution in [0, 0.1) is 12.8 Å². The van der Waals surface area contributed by atoms with Crippen LogP contribution in [0.15, 0.2) is 12.3 Å². The molecule has 0 aliphatic heterocycles. The van der Waals surface area contributed by atoms with E-state index in [1.807, 2.05) is 13.8 Å². The van der Waals surface area contributed by atoms with Crippen molar-refractivity contribution in [3.05, 3.63) is 17.8 Å². The number of carbonyl (C=O) groups is 1. The van der Waals surface area contributed by atoms with Gasteiger partial charge in [0, 0.05) is 5.92 Å². The molecule has 1 unspecified atom stereocenters. The second kappa shape index (κ2) is 5.49. The van der Waals surface area contributed by atoms with Crippen molar-refractivity contribution in [2.45, 2.75) is 33.6 Å². The zero-order chi connectivity index (χ0) is 12.1. The van der Waals surface area contributed by atoms with Gasteiger partial charge in [0.05, 0.1) is 11.9 Å². The predicted molar refractivity (Wildman–Crippen MR) is 66.1 cm³/mol. The van der Waals surface area contributed by atoms with Gasteiger partial charge in [-0.3, -0.25) is 4.79 Å². The van der Waals surface area contributed by atoms with Crippen LogP contribution in [0.5, 0.6) is 0 Å². The average molecular weight is 221 g/mol. The maximum Gasteiger partial charge on any atom is 0.228 e. The zero-order valence-electron chi connectivity index (χ0n) is 10.1. The average Bonchev–Trinajstić information content (AvgIpc) is 2.24. The molecule has 16 heavy (non-hydrogen) atoms. The smallest absolute Gasteiger partial charge is 0.228 e. The van der Waals surface area contributed by atoms with Gasteiger partial charge in [-0.05, 0) is 25.0 Å². The first-order valence-electron chi connectivity index (χ1n) is 5.57. The molecule has 0 spiro atoms. The third kappa shape index (κ3) is 3.22. The van der Waals surface area contributed by atoms with Crippen molar-refractivity contribution in [1.29, 1.82) is 0 Å². The number of nitrogens with one attached hydrogen (secondary N) is 1. The summed E-state index contributed by atoms with van der Waals surface area (Å²) in [6.45, 7) is 5.88. The minimum Gasteiger partial charge on any atom is -0.397 e. The first kappa shape index (κ1) is 12.5. The molecule has 1 amide bonds. The Morgan fingerprint density at radius 3 is 2.88 bits per heavy atom. The number of nitrogens with zero attached hydrogens (tertiary/aromatic N) is 1. The van der Waals surface area contributed by atoms with E-state index in [4.69, 9.17) is 5.73 Å². The van der Waals surface area contributed by atoms with E-state index < -0.39 is 0 Å². The summed E-state index contributed by atoms with van der Waals surface area (Å²) in [6, 6.07) is 1.78. The number of hydrogen-bond donors (Lipinski definition) is 2. The van der Waals surface area contributed by atoms with E-state index in [1.54, 1.807) is 12.3 Å². The van der Waals surface area contributed by atoms with Gasteiger partial charge in [-0.15, -0.1) is 0 Å². The maximum absolute atomic E-state index is 11.7. The topological polar surface area (TPSA) is 68.0 Å². The largest absolute Gasteiger partial charge is 0.397 e. The van der Waals surface area contributed by atoms with Crippen molar-refractivity contribution >= 4 is 17.4 Å². The molecule has 0 fully saturated rings.